The highest BCUT2D eigenvalue weighted by molar-refractivity contribution is 7.92. The lowest BCUT2D eigenvalue weighted by molar-refractivity contribution is 0.599. The van der Waals surface area contributed by atoms with Crippen LogP contribution in [0, 0.1) is 11.6 Å². The number of benzene rings is 2. The smallest absolute Gasteiger partial charge is 0.262 e. The average Bonchev–Trinajstić information content (AvgIpc) is 2.63. The summed E-state index contributed by atoms with van der Waals surface area (Å²) >= 11 is 0. The average molecular weight is 390 g/mol. The molecule has 1 heterocycles. The Morgan fingerprint density at radius 2 is 1.48 bits per heavy atom. The van der Waals surface area contributed by atoms with E-state index >= 15 is 0 Å². The summed E-state index contributed by atoms with van der Waals surface area (Å²) in [6, 6.07) is 13.4. The molecule has 1 aromatic heterocycles. The van der Waals surface area contributed by atoms with E-state index in [1.54, 1.807) is 18.2 Å². The fourth-order valence-electron chi connectivity index (χ4n) is 2.27. The molecule has 140 valence electrons. The van der Waals surface area contributed by atoms with Crippen LogP contribution in [0.2, 0.25) is 0 Å². The first-order chi connectivity index (χ1) is 12.8. The van der Waals surface area contributed by atoms with Gasteiger partial charge in [-0.3, -0.25) is 4.72 Å². The quantitative estimate of drug-likeness (QED) is 0.600. The first-order valence-corrected chi connectivity index (χ1v) is 9.35. The van der Waals surface area contributed by atoms with Gasteiger partial charge in [0.1, 0.15) is 23.3 Å². The van der Waals surface area contributed by atoms with Gasteiger partial charge in [0.05, 0.1) is 10.6 Å². The van der Waals surface area contributed by atoms with Gasteiger partial charge in [-0.05, 0) is 54.1 Å². The fourth-order valence-corrected chi connectivity index (χ4v) is 3.35. The lowest BCUT2D eigenvalue weighted by Gasteiger charge is -2.12. The normalized spacial score (nSPS) is 11.2. The molecule has 3 rings (SSSR count). The molecule has 0 aliphatic carbocycles. The topological polar surface area (TPSA) is 97.1 Å². The molecular weight excluding hydrogens is 374 g/mol. The first kappa shape index (κ1) is 18.6. The van der Waals surface area contributed by atoms with Crippen molar-refractivity contribution in [3.63, 3.8) is 0 Å². The molecule has 0 aliphatic heterocycles. The molecule has 0 aliphatic rings. The van der Waals surface area contributed by atoms with Crippen LogP contribution in [-0.4, -0.2) is 13.4 Å². The SMILES string of the molecule is Nc1nc(NCc2ccc(F)cc2)ccc1NS(=O)(=O)c1ccc(F)cc1. The number of nitrogens with two attached hydrogens (primary N) is 1. The first-order valence-electron chi connectivity index (χ1n) is 7.87. The molecule has 2 aromatic carbocycles. The summed E-state index contributed by atoms with van der Waals surface area (Å²) < 4.78 is 52.8. The van der Waals surface area contributed by atoms with Gasteiger partial charge in [-0.15, -0.1) is 0 Å². The number of anilines is 3. The number of rotatable bonds is 6. The number of halogens is 2. The van der Waals surface area contributed by atoms with Crippen LogP contribution in [-0.2, 0) is 16.6 Å². The van der Waals surface area contributed by atoms with Gasteiger partial charge in [0.15, 0.2) is 0 Å². The highest BCUT2D eigenvalue weighted by Crippen LogP contribution is 2.23. The van der Waals surface area contributed by atoms with Crippen molar-refractivity contribution in [3.05, 3.63) is 77.9 Å². The predicted octanol–water partition coefficient (Wildman–Crippen LogP) is 3.35. The minimum atomic E-state index is -3.92. The van der Waals surface area contributed by atoms with E-state index in [1.165, 1.54) is 18.2 Å². The van der Waals surface area contributed by atoms with Crippen molar-refractivity contribution in [2.45, 2.75) is 11.4 Å². The second-order valence-corrected chi connectivity index (χ2v) is 7.35. The van der Waals surface area contributed by atoms with Crippen LogP contribution < -0.4 is 15.8 Å². The Hall–Kier alpha value is -3.20. The van der Waals surface area contributed by atoms with E-state index < -0.39 is 15.8 Å². The molecule has 0 spiro atoms. The minimum Gasteiger partial charge on any atom is -0.382 e. The lowest BCUT2D eigenvalue weighted by atomic mass is 10.2. The van der Waals surface area contributed by atoms with Gasteiger partial charge in [-0.2, -0.15) is 0 Å². The van der Waals surface area contributed by atoms with Crippen molar-refractivity contribution in [1.29, 1.82) is 0 Å². The van der Waals surface area contributed by atoms with Gasteiger partial charge in [0.2, 0.25) is 0 Å². The summed E-state index contributed by atoms with van der Waals surface area (Å²) in [6.45, 7) is 0.396. The van der Waals surface area contributed by atoms with Crippen LogP contribution in [0.4, 0.5) is 26.1 Å². The van der Waals surface area contributed by atoms with Gasteiger partial charge >= 0.3 is 0 Å². The summed E-state index contributed by atoms with van der Waals surface area (Å²) in [6.07, 6.45) is 0. The number of nitrogens with one attached hydrogen (secondary N) is 2. The summed E-state index contributed by atoms with van der Waals surface area (Å²) in [4.78, 5) is 4.01. The molecule has 0 radical (unpaired) electrons. The van der Waals surface area contributed by atoms with Gasteiger partial charge in [-0.25, -0.2) is 22.2 Å². The van der Waals surface area contributed by atoms with Crippen LogP contribution in [0.25, 0.3) is 0 Å². The molecule has 27 heavy (non-hydrogen) atoms. The summed E-state index contributed by atoms with van der Waals surface area (Å²) in [5.41, 5.74) is 6.78. The monoisotopic (exact) mass is 390 g/mol. The minimum absolute atomic E-state index is 0.0233. The van der Waals surface area contributed by atoms with E-state index in [4.69, 9.17) is 5.73 Å². The van der Waals surface area contributed by atoms with Gasteiger partial charge in [-0.1, -0.05) is 12.1 Å². The molecule has 0 atom stereocenters. The highest BCUT2D eigenvalue weighted by Gasteiger charge is 2.16. The zero-order valence-electron chi connectivity index (χ0n) is 14.0. The summed E-state index contributed by atoms with van der Waals surface area (Å²) in [5.74, 6) is -0.447. The molecule has 0 fully saturated rings. The van der Waals surface area contributed by atoms with Crippen LogP contribution in [0.5, 0.6) is 0 Å². The van der Waals surface area contributed by atoms with Crippen LogP contribution >= 0.6 is 0 Å². The maximum absolute atomic E-state index is 13.0. The van der Waals surface area contributed by atoms with Gasteiger partial charge in [0, 0.05) is 6.54 Å². The van der Waals surface area contributed by atoms with Gasteiger partial charge < -0.3 is 11.1 Å². The molecule has 0 bridgehead atoms. The second kappa shape index (κ2) is 7.58. The van der Waals surface area contributed by atoms with Crippen molar-refractivity contribution in [2.75, 3.05) is 15.8 Å². The molecule has 0 amide bonds. The maximum Gasteiger partial charge on any atom is 0.262 e. The van der Waals surface area contributed by atoms with E-state index in [2.05, 4.69) is 15.0 Å². The number of pyridine rings is 1. The molecule has 6 nitrogen and oxygen atoms in total. The second-order valence-electron chi connectivity index (χ2n) is 5.67. The Bertz CT molecular complexity index is 1040. The third kappa shape index (κ3) is 4.70. The molecule has 4 N–H and O–H groups in total. The highest BCUT2D eigenvalue weighted by atomic mass is 32.2. The van der Waals surface area contributed by atoms with Crippen LogP contribution in [0.15, 0.2) is 65.6 Å². The van der Waals surface area contributed by atoms with E-state index in [0.717, 1.165) is 29.8 Å². The number of sulfonamides is 1. The maximum atomic E-state index is 13.0. The van der Waals surface area contributed by atoms with E-state index in [1.807, 2.05) is 0 Å². The zero-order chi connectivity index (χ0) is 19.4. The molecular formula is C18H16F2N4O2S. The Morgan fingerprint density at radius 3 is 2.07 bits per heavy atom. The Morgan fingerprint density at radius 1 is 0.889 bits per heavy atom. The van der Waals surface area contributed by atoms with E-state index in [0.29, 0.717) is 12.4 Å². The van der Waals surface area contributed by atoms with Crippen molar-refractivity contribution >= 4 is 27.3 Å². The Kier molecular flexibility index (Phi) is 5.22. The zero-order valence-corrected chi connectivity index (χ0v) is 14.8. The summed E-state index contributed by atoms with van der Waals surface area (Å²) in [7, 11) is -3.92. The number of hydrogen-bond acceptors (Lipinski definition) is 5. The molecule has 0 unspecified atom stereocenters. The lowest BCUT2D eigenvalue weighted by Crippen LogP contribution is -2.15. The number of aromatic nitrogens is 1. The van der Waals surface area contributed by atoms with E-state index in [-0.39, 0.29) is 22.2 Å². The molecule has 3 aromatic rings. The van der Waals surface area contributed by atoms with Gasteiger partial charge in [0.25, 0.3) is 10.0 Å². The predicted molar refractivity (Wildman–Crippen MR) is 99.6 cm³/mol. The van der Waals surface area contributed by atoms with Crippen molar-refractivity contribution < 1.29 is 17.2 Å². The molecule has 0 saturated heterocycles. The molecule has 9 heteroatoms. The summed E-state index contributed by atoms with van der Waals surface area (Å²) in [5, 5.41) is 3.02. The van der Waals surface area contributed by atoms with Crippen LogP contribution in [0.1, 0.15) is 5.56 Å². The standard InChI is InChI=1S/C18H16F2N4O2S/c19-13-3-1-12(2-4-13)11-22-17-10-9-16(18(21)23-17)24-27(25,26)15-7-5-14(20)6-8-15/h1-10,24H,11H2,(H3,21,22,23). The van der Waals surface area contributed by atoms with Crippen molar-refractivity contribution in [2.24, 2.45) is 0 Å². The van der Waals surface area contributed by atoms with Crippen molar-refractivity contribution in [3.8, 4) is 0 Å². The van der Waals surface area contributed by atoms with Crippen molar-refractivity contribution in [1.82, 2.24) is 4.98 Å². The Labute approximate surface area is 155 Å². The molecule has 0 saturated carbocycles. The largest absolute Gasteiger partial charge is 0.382 e. The van der Waals surface area contributed by atoms with E-state index in [9.17, 15) is 17.2 Å². The number of nitrogens with zero attached hydrogens (tertiary/aromatic N) is 1. The van der Waals surface area contributed by atoms with Crippen LogP contribution in [0.3, 0.4) is 0 Å². The number of nitrogen functional groups attached to an aromatic ring is 1. The fraction of sp³-hybridized carbons (Fsp3) is 0.0556. The third-order valence-corrected chi connectivity index (χ3v) is 5.06. The third-order valence-electron chi connectivity index (χ3n) is 3.68. The number of hydrogen-bond donors (Lipinski definition) is 3. The Balaban J connectivity index is 1.70.